The summed E-state index contributed by atoms with van der Waals surface area (Å²) in [7, 11) is -3.70. The summed E-state index contributed by atoms with van der Waals surface area (Å²) in [6.45, 7) is 1.60. The Bertz CT molecular complexity index is 1050. The molecule has 0 bridgehead atoms. The van der Waals surface area contributed by atoms with Crippen LogP contribution in [0.2, 0.25) is 0 Å². The van der Waals surface area contributed by atoms with Gasteiger partial charge in [-0.05, 0) is 66.3 Å². The average Bonchev–Trinajstić information content (AvgIpc) is 3.33. The van der Waals surface area contributed by atoms with Gasteiger partial charge in [0.2, 0.25) is 10.0 Å². The van der Waals surface area contributed by atoms with Crippen molar-refractivity contribution in [2.45, 2.75) is 50.3 Å². The van der Waals surface area contributed by atoms with Crippen LogP contribution in [-0.4, -0.2) is 89.1 Å². The average molecular weight is 465 g/mol. The number of hydrogen-bond acceptors (Lipinski definition) is 4. The van der Waals surface area contributed by atoms with Crippen LogP contribution < -0.4 is 10.0 Å². The van der Waals surface area contributed by atoms with Crippen LogP contribution in [0, 0.1) is 0 Å². The smallest absolute Gasteiger partial charge is 0.307 e. The zero-order valence-electron chi connectivity index (χ0n) is 18.0. The molecule has 0 saturated carbocycles. The Morgan fingerprint density at radius 2 is 1.58 bits per heavy atom. The quantitative estimate of drug-likeness (QED) is 0.667. The number of benzene rings is 2. The number of urea groups is 1. The number of carbonyl (C=O) groups excluding carboxylic acids is 1. The summed E-state index contributed by atoms with van der Waals surface area (Å²) < 4.78 is 27.6. The molecule has 3 aliphatic rings. The monoisotopic (exact) mass is 464 g/mol. The van der Waals surface area contributed by atoms with Gasteiger partial charge in [-0.1, -0.05) is 36.4 Å². The summed E-state index contributed by atoms with van der Waals surface area (Å²) in [6.07, 6.45) is 6.15. The molecule has 2 amide bonds. The fraction of sp³-hybridized carbons (Fsp3) is 0.435. The fourth-order valence-corrected chi connectivity index (χ4v) is 6.30. The van der Waals surface area contributed by atoms with Gasteiger partial charge < -0.3 is 5.32 Å². The van der Waals surface area contributed by atoms with Gasteiger partial charge >= 0.3 is 6.03 Å². The van der Waals surface area contributed by atoms with Crippen LogP contribution in [0.25, 0.3) is 0 Å². The molecule has 1 heterocycles. The first-order valence-corrected chi connectivity index (χ1v) is 12.3. The Kier molecular flexibility index (Phi) is 7.27. The van der Waals surface area contributed by atoms with E-state index in [9.17, 15) is 13.2 Å². The second-order valence-corrected chi connectivity index (χ2v) is 10.6. The molecule has 0 unspecified atom stereocenters. The number of aryl methyl sites for hydroxylation is 2. The van der Waals surface area contributed by atoms with E-state index in [0.29, 0.717) is 13.1 Å². The van der Waals surface area contributed by atoms with Crippen LogP contribution in [0.15, 0.2) is 36.4 Å². The topological polar surface area (TPSA) is 78.5 Å². The predicted molar refractivity (Wildman–Crippen MR) is 123 cm³/mol. The van der Waals surface area contributed by atoms with Gasteiger partial charge in [-0.2, -0.15) is 0 Å². The molecule has 2 aromatic carbocycles. The van der Waals surface area contributed by atoms with E-state index >= 15 is 0 Å². The van der Waals surface area contributed by atoms with Gasteiger partial charge in [0.15, 0.2) is 0 Å². The Hall–Kier alpha value is -0.744. The van der Waals surface area contributed by atoms with Crippen molar-refractivity contribution in [3.63, 3.8) is 0 Å². The summed E-state index contributed by atoms with van der Waals surface area (Å²) in [6, 6.07) is 11.6. The van der Waals surface area contributed by atoms with Crippen LogP contribution in [0.5, 0.6) is 0 Å². The van der Waals surface area contributed by atoms with Crippen molar-refractivity contribution in [1.29, 1.82) is 0 Å². The van der Waals surface area contributed by atoms with E-state index < -0.39 is 21.3 Å². The molecule has 6 nitrogen and oxygen atoms in total. The number of rotatable bonds is 5. The molecule has 1 fully saturated rings. The minimum absolute atomic E-state index is 0. The van der Waals surface area contributed by atoms with Crippen molar-refractivity contribution < 1.29 is 13.2 Å². The molecule has 31 heavy (non-hydrogen) atoms. The van der Waals surface area contributed by atoms with E-state index in [1.165, 1.54) is 22.3 Å². The van der Waals surface area contributed by atoms with E-state index in [1.54, 1.807) is 0 Å². The first-order chi connectivity index (χ1) is 14.5. The number of hydrogen-bond donors (Lipinski definition) is 2. The van der Waals surface area contributed by atoms with Crippen LogP contribution in [0.4, 0.5) is 10.5 Å². The Morgan fingerprint density at radius 1 is 0.968 bits per heavy atom. The Labute approximate surface area is 226 Å². The van der Waals surface area contributed by atoms with E-state index in [4.69, 9.17) is 0 Å². The molecule has 2 aromatic rings. The molecule has 0 atom stereocenters. The number of nitrogens with zero attached hydrogens (tertiary/aromatic N) is 1. The van der Waals surface area contributed by atoms with Crippen molar-refractivity contribution in [3.8, 4) is 0 Å². The third-order valence-electron chi connectivity index (χ3n) is 6.56. The van der Waals surface area contributed by atoms with Crippen molar-refractivity contribution in [1.82, 2.24) is 9.62 Å². The third-order valence-corrected chi connectivity index (χ3v) is 8.20. The summed E-state index contributed by atoms with van der Waals surface area (Å²) in [4.78, 5) is 14.7. The molecule has 0 aromatic heterocycles. The molecule has 1 radical (unpaired) electrons. The maximum atomic E-state index is 12.7. The van der Waals surface area contributed by atoms with Crippen molar-refractivity contribution in [3.05, 3.63) is 64.2 Å². The summed E-state index contributed by atoms with van der Waals surface area (Å²) in [5.41, 5.74) is 7.03. The molecule has 0 spiro atoms. The van der Waals surface area contributed by atoms with E-state index in [-0.39, 0.29) is 51.4 Å². The van der Waals surface area contributed by atoms with Crippen molar-refractivity contribution in [2.24, 2.45) is 0 Å². The standard InChI is InChI=1S/C23H27N3O3S.K/c27-23(24-22-20-10-4-8-17(20)12-18-9-5-11-21(18)22)25-30(28,29)19-14-26(15-19)13-16-6-2-1-3-7-16;/h1-3,6-7,12,19H,4-5,8-11,13-15H2,(H2,24,25,27);. The van der Waals surface area contributed by atoms with Crippen molar-refractivity contribution >= 4 is 73.1 Å². The van der Waals surface area contributed by atoms with Crippen LogP contribution in [-0.2, 0) is 42.3 Å². The molecule has 8 heteroatoms. The number of amides is 2. The number of sulfonamides is 1. The second-order valence-electron chi connectivity index (χ2n) is 8.64. The van der Waals surface area contributed by atoms with E-state index in [0.717, 1.165) is 56.3 Å². The number of anilines is 1. The van der Waals surface area contributed by atoms with Gasteiger partial charge in [0.1, 0.15) is 5.25 Å². The SMILES string of the molecule is O=C(Nc1c2c(cc3c1CCC3)CCC2)NS(=O)(=O)C1CN(Cc2ccccc2)C1.[K]. The van der Waals surface area contributed by atoms with Gasteiger partial charge in [-0.15, -0.1) is 0 Å². The van der Waals surface area contributed by atoms with Crippen LogP contribution in [0.1, 0.15) is 40.7 Å². The third kappa shape index (κ3) is 4.95. The van der Waals surface area contributed by atoms with Gasteiger partial charge in [-0.3, -0.25) is 4.90 Å². The fourth-order valence-electron chi connectivity index (χ4n) is 5.01. The first-order valence-electron chi connectivity index (χ1n) is 10.7. The molecule has 2 N–H and O–H groups in total. The second kappa shape index (κ2) is 9.63. The van der Waals surface area contributed by atoms with Crippen LogP contribution >= 0.6 is 0 Å². The molecular weight excluding hydrogens is 437 g/mol. The summed E-state index contributed by atoms with van der Waals surface area (Å²) >= 11 is 0. The molecule has 5 rings (SSSR count). The van der Waals surface area contributed by atoms with Gasteiger partial charge in [-0.25, -0.2) is 17.9 Å². The molecule has 1 saturated heterocycles. The molecule has 159 valence electrons. The minimum Gasteiger partial charge on any atom is -0.307 e. The number of likely N-dealkylation sites (tertiary alicyclic amines) is 1. The Morgan fingerprint density at radius 3 is 2.19 bits per heavy atom. The number of fused-ring (bicyclic) bond motifs is 2. The minimum atomic E-state index is -3.70. The van der Waals surface area contributed by atoms with Crippen molar-refractivity contribution in [2.75, 3.05) is 18.4 Å². The van der Waals surface area contributed by atoms with Gasteiger partial charge in [0, 0.05) is 76.7 Å². The van der Waals surface area contributed by atoms with Gasteiger partial charge in [0.25, 0.3) is 0 Å². The first kappa shape index (κ1) is 23.4. The summed E-state index contributed by atoms with van der Waals surface area (Å²) in [5, 5.41) is 2.35. The normalized spacial score (nSPS) is 17.9. The summed E-state index contributed by atoms with van der Waals surface area (Å²) in [5.74, 6) is 0. The predicted octanol–water partition coefficient (Wildman–Crippen LogP) is 2.62. The maximum Gasteiger partial charge on any atom is 0.332 e. The maximum absolute atomic E-state index is 12.7. The van der Waals surface area contributed by atoms with Crippen LogP contribution in [0.3, 0.4) is 0 Å². The largest absolute Gasteiger partial charge is 0.332 e. The van der Waals surface area contributed by atoms with E-state index in [2.05, 4.69) is 21.0 Å². The van der Waals surface area contributed by atoms with Gasteiger partial charge in [0.05, 0.1) is 0 Å². The molecular formula is C23H27KN3O3S. The Balaban J connectivity index is 0.00000231. The molecule has 1 aliphatic heterocycles. The zero-order valence-corrected chi connectivity index (χ0v) is 21.9. The number of carbonyl (C=O) groups is 1. The zero-order chi connectivity index (χ0) is 20.7. The number of nitrogens with one attached hydrogen (secondary N) is 2. The molecule has 2 aliphatic carbocycles. The van der Waals surface area contributed by atoms with E-state index in [1.807, 2.05) is 30.3 Å².